The van der Waals surface area contributed by atoms with Gasteiger partial charge in [0.15, 0.2) is 0 Å². The summed E-state index contributed by atoms with van der Waals surface area (Å²) in [4.78, 5) is 11.7. The van der Waals surface area contributed by atoms with Crippen molar-refractivity contribution in [2.45, 2.75) is 58.5 Å². The molecule has 1 fully saturated rings. The van der Waals surface area contributed by atoms with Crippen LogP contribution in [0.15, 0.2) is 0 Å². The van der Waals surface area contributed by atoms with E-state index in [0.29, 0.717) is 12.2 Å². The van der Waals surface area contributed by atoms with Crippen molar-refractivity contribution in [1.82, 2.24) is 0 Å². The van der Waals surface area contributed by atoms with E-state index >= 15 is 0 Å². The van der Waals surface area contributed by atoms with Crippen LogP contribution in [0.1, 0.15) is 52.4 Å². The maximum Gasteiger partial charge on any atom is 0.138 e. The zero-order chi connectivity index (χ0) is 10.4. The molecule has 0 aromatic heterocycles. The molecule has 1 saturated heterocycles. The van der Waals surface area contributed by atoms with Crippen LogP contribution in [0.3, 0.4) is 0 Å². The molecule has 0 radical (unpaired) electrons. The molecule has 14 heavy (non-hydrogen) atoms. The summed E-state index contributed by atoms with van der Waals surface area (Å²) in [5.41, 5.74) is 0. The van der Waals surface area contributed by atoms with Crippen molar-refractivity contribution in [3.8, 4) is 0 Å². The molecule has 1 aliphatic heterocycles. The summed E-state index contributed by atoms with van der Waals surface area (Å²) >= 11 is 0. The lowest BCUT2D eigenvalue weighted by molar-refractivity contribution is -0.126. The lowest BCUT2D eigenvalue weighted by atomic mass is 9.94. The smallest absolute Gasteiger partial charge is 0.138 e. The van der Waals surface area contributed by atoms with Crippen LogP contribution >= 0.6 is 0 Å². The Labute approximate surface area is 87.0 Å². The van der Waals surface area contributed by atoms with E-state index in [-0.39, 0.29) is 12.0 Å². The second kappa shape index (κ2) is 6.18. The van der Waals surface area contributed by atoms with Gasteiger partial charge >= 0.3 is 0 Å². The molecule has 2 unspecified atom stereocenters. The zero-order valence-electron chi connectivity index (χ0n) is 9.42. The van der Waals surface area contributed by atoms with Gasteiger partial charge in [-0.2, -0.15) is 0 Å². The van der Waals surface area contributed by atoms with Gasteiger partial charge in [0.25, 0.3) is 0 Å². The quantitative estimate of drug-likeness (QED) is 0.679. The van der Waals surface area contributed by atoms with Crippen molar-refractivity contribution in [2.24, 2.45) is 5.92 Å². The van der Waals surface area contributed by atoms with Gasteiger partial charge in [-0.15, -0.1) is 0 Å². The summed E-state index contributed by atoms with van der Waals surface area (Å²) < 4.78 is 5.56. The Morgan fingerprint density at radius 2 is 2.29 bits per heavy atom. The standard InChI is InChI=1S/C12H22O2/c1-3-6-10(2)12(13)9-11-7-4-5-8-14-11/h10-11H,3-9H2,1-2H3. The number of carbonyl (C=O) groups is 1. The molecule has 1 heterocycles. The molecule has 0 aliphatic carbocycles. The molecule has 1 rings (SSSR count). The third kappa shape index (κ3) is 3.79. The molecule has 1 aliphatic rings. The van der Waals surface area contributed by atoms with E-state index in [1.54, 1.807) is 0 Å². The van der Waals surface area contributed by atoms with Crippen molar-refractivity contribution in [3.63, 3.8) is 0 Å². The van der Waals surface area contributed by atoms with Crippen LogP contribution in [0.5, 0.6) is 0 Å². The molecule has 0 saturated carbocycles. The van der Waals surface area contributed by atoms with Crippen LogP contribution in [0.4, 0.5) is 0 Å². The molecule has 0 amide bonds. The molecule has 0 N–H and O–H groups in total. The highest BCUT2D eigenvalue weighted by Gasteiger charge is 2.20. The van der Waals surface area contributed by atoms with Gasteiger partial charge in [-0.05, 0) is 25.7 Å². The van der Waals surface area contributed by atoms with E-state index in [2.05, 4.69) is 6.92 Å². The number of ether oxygens (including phenoxy) is 1. The Balaban J connectivity index is 2.24. The van der Waals surface area contributed by atoms with E-state index in [0.717, 1.165) is 32.3 Å². The van der Waals surface area contributed by atoms with Gasteiger partial charge in [-0.3, -0.25) is 4.79 Å². The zero-order valence-corrected chi connectivity index (χ0v) is 9.42. The second-order valence-corrected chi connectivity index (χ2v) is 4.35. The van der Waals surface area contributed by atoms with Crippen LogP contribution in [0, 0.1) is 5.92 Å². The third-order valence-electron chi connectivity index (χ3n) is 2.97. The first-order valence-electron chi connectivity index (χ1n) is 5.88. The lowest BCUT2D eigenvalue weighted by Crippen LogP contribution is -2.25. The van der Waals surface area contributed by atoms with Gasteiger partial charge in [-0.1, -0.05) is 20.3 Å². The van der Waals surface area contributed by atoms with Crippen LogP contribution in [0.25, 0.3) is 0 Å². The average molecular weight is 198 g/mol. The van der Waals surface area contributed by atoms with Crippen LogP contribution in [-0.4, -0.2) is 18.5 Å². The Bertz CT molecular complexity index is 171. The Kier molecular flexibility index (Phi) is 5.16. The fourth-order valence-corrected chi connectivity index (χ4v) is 1.99. The average Bonchev–Trinajstić information content (AvgIpc) is 2.19. The molecule has 2 heteroatoms. The first-order chi connectivity index (χ1) is 6.74. The van der Waals surface area contributed by atoms with Gasteiger partial charge in [0.2, 0.25) is 0 Å². The predicted octanol–water partition coefficient (Wildman–Crippen LogP) is 2.95. The molecular weight excluding hydrogens is 176 g/mol. The Morgan fingerprint density at radius 3 is 2.86 bits per heavy atom. The maximum atomic E-state index is 11.7. The van der Waals surface area contributed by atoms with Gasteiger partial charge in [0, 0.05) is 18.9 Å². The molecule has 82 valence electrons. The molecule has 0 spiro atoms. The van der Waals surface area contributed by atoms with E-state index in [4.69, 9.17) is 4.74 Å². The fourth-order valence-electron chi connectivity index (χ4n) is 1.99. The monoisotopic (exact) mass is 198 g/mol. The maximum absolute atomic E-state index is 11.7. The number of ketones is 1. The van der Waals surface area contributed by atoms with Gasteiger partial charge in [0.1, 0.15) is 5.78 Å². The normalized spacial score (nSPS) is 24.6. The molecule has 2 nitrogen and oxygen atoms in total. The SMILES string of the molecule is CCCC(C)C(=O)CC1CCCCO1. The highest BCUT2D eigenvalue weighted by atomic mass is 16.5. The summed E-state index contributed by atoms with van der Waals surface area (Å²) in [6.45, 7) is 5.01. The summed E-state index contributed by atoms with van der Waals surface area (Å²) in [5, 5.41) is 0. The number of hydrogen-bond donors (Lipinski definition) is 0. The van der Waals surface area contributed by atoms with Crippen molar-refractivity contribution in [3.05, 3.63) is 0 Å². The van der Waals surface area contributed by atoms with Gasteiger partial charge in [-0.25, -0.2) is 0 Å². The fraction of sp³-hybridized carbons (Fsp3) is 0.917. The highest BCUT2D eigenvalue weighted by molar-refractivity contribution is 5.81. The third-order valence-corrected chi connectivity index (χ3v) is 2.97. The predicted molar refractivity (Wildman–Crippen MR) is 57.3 cm³/mol. The summed E-state index contributed by atoms with van der Waals surface area (Å²) in [6.07, 6.45) is 6.43. The number of Topliss-reactive ketones (excluding diaryl/α,β-unsaturated/α-hetero) is 1. The Morgan fingerprint density at radius 1 is 1.50 bits per heavy atom. The van der Waals surface area contributed by atoms with Crippen LogP contribution in [-0.2, 0) is 9.53 Å². The van der Waals surface area contributed by atoms with Crippen molar-refractivity contribution >= 4 is 5.78 Å². The Hall–Kier alpha value is -0.370. The van der Waals surface area contributed by atoms with E-state index in [9.17, 15) is 4.79 Å². The summed E-state index contributed by atoms with van der Waals surface area (Å²) in [5.74, 6) is 0.615. The van der Waals surface area contributed by atoms with Crippen LogP contribution < -0.4 is 0 Å². The largest absolute Gasteiger partial charge is 0.378 e. The molecule has 0 bridgehead atoms. The first-order valence-corrected chi connectivity index (χ1v) is 5.88. The summed E-state index contributed by atoms with van der Waals surface area (Å²) in [6, 6.07) is 0. The number of carbonyl (C=O) groups excluding carboxylic acids is 1. The summed E-state index contributed by atoms with van der Waals surface area (Å²) in [7, 11) is 0. The number of rotatable bonds is 5. The van der Waals surface area contributed by atoms with Gasteiger partial charge in [0.05, 0.1) is 6.10 Å². The lowest BCUT2D eigenvalue weighted by Gasteiger charge is -2.23. The minimum absolute atomic E-state index is 0.218. The molecule has 0 aromatic carbocycles. The molecular formula is C12H22O2. The first kappa shape index (κ1) is 11.7. The minimum atomic E-state index is 0.218. The van der Waals surface area contributed by atoms with E-state index < -0.39 is 0 Å². The van der Waals surface area contributed by atoms with Crippen LogP contribution in [0.2, 0.25) is 0 Å². The highest BCUT2D eigenvalue weighted by Crippen LogP contribution is 2.19. The second-order valence-electron chi connectivity index (χ2n) is 4.35. The topological polar surface area (TPSA) is 26.3 Å². The van der Waals surface area contributed by atoms with E-state index in [1.165, 1.54) is 6.42 Å². The minimum Gasteiger partial charge on any atom is -0.378 e. The van der Waals surface area contributed by atoms with E-state index in [1.807, 2.05) is 6.92 Å². The van der Waals surface area contributed by atoms with Crippen molar-refractivity contribution in [1.29, 1.82) is 0 Å². The van der Waals surface area contributed by atoms with Crippen molar-refractivity contribution < 1.29 is 9.53 Å². The molecule has 0 aromatic rings. The van der Waals surface area contributed by atoms with Gasteiger partial charge < -0.3 is 4.74 Å². The molecule has 2 atom stereocenters. The number of hydrogen-bond acceptors (Lipinski definition) is 2. The van der Waals surface area contributed by atoms with Crippen molar-refractivity contribution in [2.75, 3.05) is 6.61 Å².